The van der Waals surface area contributed by atoms with Gasteiger partial charge >= 0.3 is 5.97 Å². The summed E-state index contributed by atoms with van der Waals surface area (Å²) in [7, 11) is 0. The molecule has 40 heavy (non-hydrogen) atoms. The lowest BCUT2D eigenvalue weighted by atomic mass is 9.95. The minimum Gasteiger partial charge on any atom is -0.481 e. The fourth-order valence-electron chi connectivity index (χ4n) is 5.50. The molecule has 2 fully saturated rings. The molecule has 1 saturated carbocycles. The van der Waals surface area contributed by atoms with Gasteiger partial charge in [-0.2, -0.15) is 4.98 Å². The first-order valence-corrected chi connectivity index (χ1v) is 15.2. The fourth-order valence-corrected chi connectivity index (χ4v) is 5.50. The maximum Gasteiger partial charge on any atom is 0.304 e. The molecular formula is C28H48N10O2. The van der Waals surface area contributed by atoms with E-state index in [1.54, 1.807) is 0 Å². The molecule has 4 rings (SSSR count). The number of anilines is 2. The number of piperidine rings is 1. The maximum atomic E-state index is 10.8. The number of aromatic nitrogens is 5. The molecular weight excluding hydrogens is 508 g/mol. The summed E-state index contributed by atoms with van der Waals surface area (Å²) in [4.78, 5) is 22.2. The van der Waals surface area contributed by atoms with Crippen LogP contribution in [0.1, 0.15) is 75.6 Å². The summed E-state index contributed by atoms with van der Waals surface area (Å²) in [5.41, 5.74) is 1.75. The van der Waals surface area contributed by atoms with Crippen molar-refractivity contribution in [3.05, 3.63) is 23.7 Å². The SMILES string of the molecule is Cc1cc(NC2CCN(CCC(=O)O)CC2)nc(NCc2cn(CCCNCCCNC3CCCCC3)nn2)n1. The van der Waals surface area contributed by atoms with E-state index in [4.69, 9.17) is 5.11 Å². The number of carboxylic acids is 1. The van der Waals surface area contributed by atoms with Crippen LogP contribution in [0.5, 0.6) is 0 Å². The van der Waals surface area contributed by atoms with Crippen molar-refractivity contribution in [1.29, 1.82) is 0 Å². The van der Waals surface area contributed by atoms with Crippen LogP contribution in [-0.2, 0) is 17.9 Å². The fraction of sp³-hybridized carbons (Fsp3) is 0.750. The zero-order valence-corrected chi connectivity index (χ0v) is 24.1. The Morgan fingerprint density at radius 1 is 1.00 bits per heavy atom. The van der Waals surface area contributed by atoms with Crippen molar-refractivity contribution < 1.29 is 9.90 Å². The van der Waals surface area contributed by atoms with Gasteiger partial charge in [0.05, 0.1) is 19.2 Å². The molecule has 0 unspecified atom stereocenters. The molecule has 12 nitrogen and oxygen atoms in total. The van der Waals surface area contributed by atoms with Gasteiger partial charge in [-0.15, -0.1) is 5.10 Å². The van der Waals surface area contributed by atoms with Crippen LogP contribution in [0.4, 0.5) is 11.8 Å². The van der Waals surface area contributed by atoms with E-state index in [2.05, 4.69) is 46.4 Å². The molecule has 0 aromatic carbocycles. The molecule has 2 aromatic rings. The normalized spacial score (nSPS) is 17.2. The van der Waals surface area contributed by atoms with Crippen molar-refractivity contribution in [3.63, 3.8) is 0 Å². The first-order valence-electron chi connectivity index (χ1n) is 15.2. The Morgan fingerprint density at radius 3 is 2.60 bits per heavy atom. The number of aliphatic carboxylic acids is 1. The van der Waals surface area contributed by atoms with Gasteiger partial charge in [0.1, 0.15) is 11.5 Å². The third-order valence-corrected chi connectivity index (χ3v) is 7.76. The highest BCUT2D eigenvalue weighted by Gasteiger charge is 2.20. The van der Waals surface area contributed by atoms with Gasteiger partial charge in [0.15, 0.2) is 0 Å². The number of nitrogens with one attached hydrogen (secondary N) is 4. The average molecular weight is 557 g/mol. The van der Waals surface area contributed by atoms with Gasteiger partial charge in [0, 0.05) is 50.0 Å². The minimum atomic E-state index is -0.740. The van der Waals surface area contributed by atoms with Gasteiger partial charge in [-0.1, -0.05) is 24.5 Å². The van der Waals surface area contributed by atoms with Crippen LogP contribution < -0.4 is 21.3 Å². The highest BCUT2D eigenvalue weighted by molar-refractivity contribution is 5.66. The highest BCUT2D eigenvalue weighted by atomic mass is 16.4. The molecule has 0 radical (unpaired) electrons. The molecule has 2 aliphatic rings. The molecule has 1 aliphatic carbocycles. The zero-order chi connectivity index (χ0) is 28.0. The van der Waals surface area contributed by atoms with Crippen LogP contribution in [0.15, 0.2) is 12.3 Å². The van der Waals surface area contributed by atoms with Gasteiger partial charge in [0.25, 0.3) is 0 Å². The van der Waals surface area contributed by atoms with Crippen molar-refractivity contribution >= 4 is 17.7 Å². The average Bonchev–Trinajstić information content (AvgIpc) is 3.41. The topological polar surface area (TPSA) is 145 Å². The maximum absolute atomic E-state index is 10.8. The standard InChI is InChI=1S/C28H48N10O2/c1-22-19-26(33-24-9-16-37(17-10-24)18-11-27(39)40)34-28(32-22)31-20-25-21-38(36-35-25)15-6-13-29-12-5-14-30-23-7-3-2-4-8-23/h19,21,23-24,29-30H,2-18,20H2,1H3,(H,39,40)(H2,31,32,33,34). The Balaban J connectivity index is 1.09. The number of likely N-dealkylation sites (tertiary alicyclic amines) is 1. The monoisotopic (exact) mass is 556 g/mol. The minimum absolute atomic E-state index is 0.196. The van der Waals surface area contributed by atoms with Gasteiger partial charge in [0.2, 0.25) is 5.95 Å². The van der Waals surface area contributed by atoms with Gasteiger partial charge in [-0.05, 0) is 65.1 Å². The number of hydrogen-bond acceptors (Lipinski definition) is 10. The lowest BCUT2D eigenvalue weighted by molar-refractivity contribution is -0.137. The Hall–Kier alpha value is -2.83. The van der Waals surface area contributed by atoms with Crippen molar-refractivity contribution in [2.45, 2.75) is 96.3 Å². The Bertz CT molecular complexity index is 1020. The van der Waals surface area contributed by atoms with Crippen LogP contribution in [0.3, 0.4) is 0 Å². The Kier molecular flexibility index (Phi) is 12.4. The van der Waals surface area contributed by atoms with E-state index in [0.717, 1.165) is 81.8 Å². The lowest BCUT2D eigenvalue weighted by Crippen LogP contribution is -2.40. The predicted molar refractivity (Wildman–Crippen MR) is 156 cm³/mol. The van der Waals surface area contributed by atoms with E-state index in [9.17, 15) is 4.79 Å². The van der Waals surface area contributed by atoms with Gasteiger partial charge in [-0.25, -0.2) is 4.98 Å². The van der Waals surface area contributed by atoms with E-state index < -0.39 is 5.97 Å². The summed E-state index contributed by atoms with van der Waals surface area (Å²) < 4.78 is 1.90. The van der Waals surface area contributed by atoms with Crippen molar-refractivity contribution in [2.24, 2.45) is 0 Å². The van der Waals surface area contributed by atoms with Crippen molar-refractivity contribution in [1.82, 2.24) is 40.5 Å². The first-order chi connectivity index (χ1) is 19.5. The third kappa shape index (κ3) is 11.0. The Labute approximate surface area is 238 Å². The molecule has 12 heteroatoms. The van der Waals surface area contributed by atoms with E-state index in [1.807, 2.05) is 23.9 Å². The molecule has 3 heterocycles. The number of carbonyl (C=O) groups is 1. The van der Waals surface area contributed by atoms with Crippen LogP contribution in [0.2, 0.25) is 0 Å². The summed E-state index contributed by atoms with van der Waals surface area (Å²) in [6.07, 6.45) is 13.1. The third-order valence-electron chi connectivity index (χ3n) is 7.76. The second-order valence-electron chi connectivity index (χ2n) is 11.2. The number of carboxylic acid groups (broad SMARTS) is 1. The molecule has 222 valence electrons. The van der Waals surface area contributed by atoms with Crippen LogP contribution in [0, 0.1) is 6.92 Å². The van der Waals surface area contributed by atoms with Crippen LogP contribution in [0.25, 0.3) is 0 Å². The number of nitrogens with zero attached hydrogens (tertiary/aromatic N) is 6. The van der Waals surface area contributed by atoms with Crippen LogP contribution >= 0.6 is 0 Å². The van der Waals surface area contributed by atoms with Gasteiger partial charge < -0.3 is 31.3 Å². The molecule has 0 spiro atoms. The second-order valence-corrected chi connectivity index (χ2v) is 11.2. The largest absolute Gasteiger partial charge is 0.481 e. The van der Waals surface area contributed by atoms with E-state index in [-0.39, 0.29) is 6.42 Å². The number of aryl methyl sites for hydroxylation is 2. The van der Waals surface area contributed by atoms with Gasteiger partial charge in [-0.3, -0.25) is 9.48 Å². The summed E-state index contributed by atoms with van der Waals surface area (Å²) >= 11 is 0. The molecule has 0 bridgehead atoms. The quantitative estimate of drug-likeness (QED) is 0.183. The highest BCUT2D eigenvalue weighted by Crippen LogP contribution is 2.18. The smallest absolute Gasteiger partial charge is 0.304 e. The van der Waals surface area contributed by atoms with Crippen molar-refractivity contribution in [3.8, 4) is 0 Å². The summed E-state index contributed by atoms with van der Waals surface area (Å²) in [6, 6.07) is 3.02. The van der Waals surface area contributed by atoms with E-state index in [1.165, 1.54) is 38.5 Å². The Morgan fingerprint density at radius 2 is 1.80 bits per heavy atom. The summed E-state index contributed by atoms with van der Waals surface area (Å²) in [6.45, 7) is 8.84. The van der Waals surface area contributed by atoms with Crippen molar-refractivity contribution in [2.75, 3.05) is 49.9 Å². The molecule has 5 N–H and O–H groups in total. The predicted octanol–water partition coefficient (Wildman–Crippen LogP) is 2.63. The van der Waals surface area contributed by atoms with E-state index in [0.29, 0.717) is 25.1 Å². The summed E-state index contributed by atoms with van der Waals surface area (Å²) in [5.74, 6) is 0.633. The van der Waals surface area contributed by atoms with E-state index >= 15 is 0 Å². The molecule has 2 aromatic heterocycles. The second kappa shape index (κ2) is 16.4. The van der Waals surface area contributed by atoms with Crippen LogP contribution in [-0.4, -0.2) is 92.3 Å². The number of hydrogen-bond donors (Lipinski definition) is 5. The lowest BCUT2D eigenvalue weighted by Gasteiger charge is -2.32. The molecule has 0 atom stereocenters. The first kappa shape index (κ1) is 30.1. The number of rotatable bonds is 17. The molecule has 1 aliphatic heterocycles. The summed E-state index contributed by atoms with van der Waals surface area (Å²) in [5, 5.41) is 31.5. The molecule has 0 amide bonds. The zero-order valence-electron chi connectivity index (χ0n) is 24.1. The molecule has 1 saturated heterocycles.